The van der Waals surface area contributed by atoms with Crippen molar-refractivity contribution >= 4 is 17.8 Å². The van der Waals surface area contributed by atoms with E-state index >= 15 is 0 Å². The highest BCUT2D eigenvalue weighted by molar-refractivity contribution is 5.95. The summed E-state index contributed by atoms with van der Waals surface area (Å²) in [6.45, 7) is 2.76. The number of hydrogen-bond acceptors (Lipinski definition) is 4. The van der Waals surface area contributed by atoms with Crippen molar-refractivity contribution in [2.24, 2.45) is 5.10 Å². The van der Waals surface area contributed by atoms with Gasteiger partial charge >= 0.3 is 0 Å². The standard InChI is InChI=1S/C17H19N3O2/c1-2-11-22-16-9-3-13(4-10-16)12-19-20-17(21)14-5-7-15(18)8-6-14/h3-10,12H,2,11,18H2,1H3,(H,20,21)/b19-12-. The van der Waals surface area contributed by atoms with Gasteiger partial charge in [0.1, 0.15) is 5.75 Å². The molecule has 5 nitrogen and oxygen atoms in total. The van der Waals surface area contributed by atoms with Crippen LogP contribution >= 0.6 is 0 Å². The third-order valence-electron chi connectivity index (χ3n) is 2.91. The summed E-state index contributed by atoms with van der Waals surface area (Å²) in [7, 11) is 0. The molecule has 0 aliphatic carbocycles. The predicted molar refractivity (Wildman–Crippen MR) is 88.1 cm³/mol. The maximum absolute atomic E-state index is 11.8. The minimum atomic E-state index is -0.279. The number of benzene rings is 2. The summed E-state index contributed by atoms with van der Waals surface area (Å²) in [5, 5.41) is 3.94. The van der Waals surface area contributed by atoms with Gasteiger partial charge in [-0.15, -0.1) is 0 Å². The smallest absolute Gasteiger partial charge is 0.271 e. The summed E-state index contributed by atoms with van der Waals surface area (Å²) >= 11 is 0. The van der Waals surface area contributed by atoms with Crippen molar-refractivity contribution in [3.05, 3.63) is 59.7 Å². The number of hydrogen-bond donors (Lipinski definition) is 2. The van der Waals surface area contributed by atoms with Gasteiger partial charge in [0.15, 0.2) is 0 Å². The van der Waals surface area contributed by atoms with Crippen LogP contribution in [0.1, 0.15) is 29.3 Å². The lowest BCUT2D eigenvalue weighted by Crippen LogP contribution is -2.17. The van der Waals surface area contributed by atoms with Crippen LogP contribution in [0, 0.1) is 0 Å². The van der Waals surface area contributed by atoms with Gasteiger partial charge in [0.2, 0.25) is 0 Å². The molecule has 2 rings (SSSR count). The zero-order valence-electron chi connectivity index (χ0n) is 12.5. The average molecular weight is 297 g/mol. The predicted octanol–water partition coefficient (Wildman–Crippen LogP) is 2.82. The fourth-order valence-corrected chi connectivity index (χ4v) is 1.73. The van der Waals surface area contributed by atoms with Crippen molar-refractivity contribution in [1.82, 2.24) is 5.43 Å². The molecular formula is C17H19N3O2. The summed E-state index contributed by atoms with van der Waals surface area (Å²) in [5.74, 6) is 0.545. The van der Waals surface area contributed by atoms with Gasteiger partial charge in [0.25, 0.3) is 5.91 Å². The molecule has 2 aromatic rings. The maximum Gasteiger partial charge on any atom is 0.271 e. The Morgan fingerprint density at radius 1 is 1.18 bits per heavy atom. The number of anilines is 1. The van der Waals surface area contributed by atoms with E-state index in [9.17, 15) is 4.79 Å². The number of nitrogen functional groups attached to an aromatic ring is 1. The Hall–Kier alpha value is -2.82. The molecule has 5 heteroatoms. The van der Waals surface area contributed by atoms with E-state index in [1.807, 2.05) is 24.3 Å². The van der Waals surface area contributed by atoms with E-state index < -0.39 is 0 Å². The number of nitrogens with one attached hydrogen (secondary N) is 1. The number of nitrogens with zero attached hydrogens (tertiary/aromatic N) is 1. The number of carbonyl (C=O) groups excluding carboxylic acids is 1. The molecule has 0 fully saturated rings. The summed E-state index contributed by atoms with van der Waals surface area (Å²) in [6.07, 6.45) is 2.55. The van der Waals surface area contributed by atoms with Gasteiger partial charge in [-0.05, 0) is 60.5 Å². The van der Waals surface area contributed by atoms with E-state index in [0.29, 0.717) is 17.9 Å². The van der Waals surface area contributed by atoms with Gasteiger partial charge in [0.05, 0.1) is 12.8 Å². The largest absolute Gasteiger partial charge is 0.494 e. The van der Waals surface area contributed by atoms with Gasteiger partial charge in [0, 0.05) is 11.3 Å². The Morgan fingerprint density at radius 2 is 1.86 bits per heavy atom. The lowest BCUT2D eigenvalue weighted by molar-refractivity contribution is 0.0955. The molecule has 2 aromatic carbocycles. The number of rotatable bonds is 6. The molecule has 114 valence electrons. The summed E-state index contributed by atoms with van der Waals surface area (Å²) in [6, 6.07) is 14.2. The van der Waals surface area contributed by atoms with Crippen LogP contribution in [0.5, 0.6) is 5.75 Å². The van der Waals surface area contributed by atoms with E-state index in [-0.39, 0.29) is 5.91 Å². The van der Waals surface area contributed by atoms with E-state index in [4.69, 9.17) is 10.5 Å². The number of ether oxygens (including phenoxy) is 1. The summed E-state index contributed by atoms with van der Waals surface area (Å²) in [4.78, 5) is 11.8. The first-order chi connectivity index (χ1) is 10.7. The van der Waals surface area contributed by atoms with Crippen LogP contribution in [0.15, 0.2) is 53.6 Å². The molecule has 0 spiro atoms. The minimum absolute atomic E-state index is 0.279. The molecule has 0 heterocycles. The number of carbonyl (C=O) groups is 1. The van der Waals surface area contributed by atoms with Crippen LogP contribution in [0.3, 0.4) is 0 Å². The Balaban J connectivity index is 1.89. The highest BCUT2D eigenvalue weighted by Gasteiger charge is 2.02. The van der Waals surface area contributed by atoms with Gasteiger partial charge in [-0.3, -0.25) is 4.79 Å². The van der Waals surface area contributed by atoms with E-state index in [2.05, 4.69) is 17.5 Å². The Bertz CT molecular complexity index is 634. The second kappa shape index (κ2) is 7.83. The molecule has 0 aliphatic heterocycles. The molecule has 0 atom stereocenters. The lowest BCUT2D eigenvalue weighted by Gasteiger charge is -2.04. The van der Waals surface area contributed by atoms with Crippen molar-refractivity contribution in [2.75, 3.05) is 12.3 Å². The van der Waals surface area contributed by atoms with Crippen LogP contribution in [0.4, 0.5) is 5.69 Å². The van der Waals surface area contributed by atoms with Crippen LogP contribution in [-0.2, 0) is 0 Å². The van der Waals surface area contributed by atoms with Gasteiger partial charge in [-0.25, -0.2) is 5.43 Å². The molecule has 22 heavy (non-hydrogen) atoms. The highest BCUT2D eigenvalue weighted by Crippen LogP contribution is 2.11. The molecule has 0 saturated carbocycles. The van der Waals surface area contributed by atoms with E-state index in [1.165, 1.54) is 0 Å². The molecule has 0 aliphatic rings. The Kier molecular flexibility index (Phi) is 5.54. The van der Waals surface area contributed by atoms with Crippen LogP contribution < -0.4 is 15.9 Å². The van der Waals surface area contributed by atoms with E-state index in [1.54, 1.807) is 30.5 Å². The van der Waals surface area contributed by atoms with Crippen LogP contribution in [-0.4, -0.2) is 18.7 Å². The second-order valence-electron chi connectivity index (χ2n) is 4.74. The van der Waals surface area contributed by atoms with E-state index in [0.717, 1.165) is 17.7 Å². The minimum Gasteiger partial charge on any atom is -0.494 e. The molecule has 0 aromatic heterocycles. The van der Waals surface area contributed by atoms with Gasteiger partial charge < -0.3 is 10.5 Å². The molecule has 0 unspecified atom stereocenters. The van der Waals surface area contributed by atoms with Crippen LogP contribution in [0.2, 0.25) is 0 Å². The topological polar surface area (TPSA) is 76.7 Å². The first-order valence-corrected chi connectivity index (χ1v) is 7.11. The molecular weight excluding hydrogens is 278 g/mol. The fourth-order valence-electron chi connectivity index (χ4n) is 1.73. The van der Waals surface area contributed by atoms with Crippen LogP contribution in [0.25, 0.3) is 0 Å². The molecule has 3 N–H and O–H groups in total. The quantitative estimate of drug-likeness (QED) is 0.489. The zero-order chi connectivity index (χ0) is 15.8. The zero-order valence-corrected chi connectivity index (χ0v) is 12.5. The Labute approximate surface area is 129 Å². The number of nitrogens with two attached hydrogens (primary N) is 1. The first-order valence-electron chi connectivity index (χ1n) is 7.11. The second-order valence-corrected chi connectivity index (χ2v) is 4.74. The maximum atomic E-state index is 11.8. The molecule has 0 radical (unpaired) electrons. The van der Waals surface area contributed by atoms with Crippen molar-refractivity contribution in [3.8, 4) is 5.75 Å². The van der Waals surface area contributed by atoms with Crippen molar-refractivity contribution < 1.29 is 9.53 Å². The normalized spacial score (nSPS) is 10.6. The fraction of sp³-hybridized carbons (Fsp3) is 0.176. The number of hydrazone groups is 1. The molecule has 0 bridgehead atoms. The third kappa shape index (κ3) is 4.63. The first kappa shape index (κ1) is 15.6. The summed E-state index contributed by atoms with van der Waals surface area (Å²) < 4.78 is 5.50. The van der Waals surface area contributed by atoms with Crippen molar-refractivity contribution in [1.29, 1.82) is 0 Å². The highest BCUT2D eigenvalue weighted by atomic mass is 16.5. The molecule has 0 saturated heterocycles. The Morgan fingerprint density at radius 3 is 2.50 bits per heavy atom. The summed E-state index contributed by atoms with van der Waals surface area (Å²) in [5.41, 5.74) is 10.0. The van der Waals surface area contributed by atoms with Gasteiger partial charge in [-0.1, -0.05) is 6.92 Å². The van der Waals surface area contributed by atoms with Crippen molar-refractivity contribution in [3.63, 3.8) is 0 Å². The molecule has 1 amide bonds. The monoisotopic (exact) mass is 297 g/mol. The number of amides is 1. The lowest BCUT2D eigenvalue weighted by atomic mass is 10.2. The SMILES string of the molecule is CCCOc1ccc(/C=N\NC(=O)c2ccc(N)cc2)cc1. The van der Waals surface area contributed by atoms with Crippen molar-refractivity contribution in [2.45, 2.75) is 13.3 Å². The third-order valence-corrected chi connectivity index (χ3v) is 2.91. The van der Waals surface area contributed by atoms with Gasteiger partial charge in [-0.2, -0.15) is 5.10 Å². The average Bonchev–Trinajstić information content (AvgIpc) is 2.54.